The number of benzene rings is 1. The summed E-state index contributed by atoms with van der Waals surface area (Å²) in [5.74, 6) is 0.649. The second-order valence-electron chi connectivity index (χ2n) is 8.60. The fraction of sp³-hybridized carbons (Fsp3) is 0.433. The Morgan fingerprint density at radius 3 is 2.32 bits per heavy atom. The molecule has 1 atom stereocenters. The van der Waals surface area contributed by atoms with Crippen LogP contribution in [0.3, 0.4) is 0 Å². The molecule has 1 aliphatic carbocycles. The molecule has 0 radical (unpaired) electrons. The molecule has 0 saturated heterocycles. The van der Waals surface area contributed by atoms with E-state index in [-0.39, 0.29) is 6.04 Å². The van der Waals surface area contributed by atoms with Crippen LogP contribution >= 0.6 is 0 Å². The topological polar surface area (TPSA) is 12.4 Å². The van der Waals surface area contributed by atoms with Gasteiger partial charge in [0.1, 0.15) is 0 Å². The molecule has 0 aliphatic heterocycles. The van der Waals surface area contributed by atoms with Crippen LogP contribution in [-0.2, 0) is 0 Å². The Labute approximate surface area is 192 Å². The van der Waals surface area contributed by atoms with Gasteiger partial charge in [0, 0.05) is 6.21 Å². The highest BCUT2D eigenvalue weighted by Crippen LogP contribution is 2.27. The molecule has 1 unspecified atom stereocenters. The average Bonchev–Trinajstić information content (AvgIpc) is 2.76. The van der Waals surface area contributed by atoms with Crippen LogP contribution in [0, 0.1) is 5.92 Å². The van der Waals surface area contributed by atoms with E-state index in [1.807, 2.05) is 20.1 Å². The van der Waals surface area contributed by atoms with Gasteiger partial charge in [-0.15, -0.1) is 0 Å². The summed E-state index contributed by atoms with van der Waals surface area (Å²) < 4.78 is 0. The predicted octanol–water partition coefficient (Wildman–Crippen LogP) is 9.16. The fourth-order valence-electron chi connectivity index (χ4n) is 3.79. The van der Waals surface area contributed by atoms with Crippen molar-refractivity contribution in [1.82, 2.24) is 0 Å². The molecule has 1 aromatic rings. The summed E-state index contributed by atoms with van der Waals surface area (Å²) in [4.78, 5) is 4.91. The third-order valence-corrected chi connectivity index (χ3v) is 5.58. The van der Waals surface area contributed by atoms with Crippen molar-refractivity contribution in [2.24, 2.45) is 10.9 Å². The van der Waals surface area contributed by atoms with E-state index in [1.54, 1.807) is 0 Å². The molecule has 0 amide bonds. The number of nitrogens with zero attached hydrogens (tertiary/aromatic N) is 1. The first kappa shape index (κ1) is 26.6. The molecule has 0 bridgehead atoms. The van der Waals surface area contributed by atoms with Gasteiger partial charge in [-0.05, 0) is 87.3 Å². The van der Waals surface area contributed by atoms with Crippen molar-refractivity contribution in [2.75, 3.05) is 0 Å². The third kappa shape index (κ3) is 8.69. The molecule has 0 spiro atoms. The summed E-state index contributed by atoms with van der Waals surface area (Å²) in [7, 11) is 0. The minimum absolute atomic E-state index is 0.255. The molecular formula is C30H43N. The van der Waals surface area contributed by atoms with Gasteiger partial charge < -0.3 is 0 Å². The summed E-state index contributed by atoms with van der Waals surface area (Å²) in [6.45, 7) is 19.5. The third-order valence-electron chi connectivity index (χ3n) is 5.58. The number of hydrogen-bond donors (Lipinski definition) is 0. The second-order valence-corrected chi connectivity index (χ2v) is 8.60. The lowest BCUT2D eigenvalue weighted by atomic mass is 9.91. The van der Waals surface area contributed by atoms with Crippen LogP contribution in [0.4, 0.5) is 0 Å². The van der Waals surface area contributed by atoms with E-state index in [1.165, 1.54) is 39.0 Å². The zero-order valence-corrected chi connectivity index (χ0v) is 21.3. The normalized spacial score (nSPS) is 18.3. The quantitative estimate of drug-likeness (QED) is 0.310. The number of hydrogen-bond acceptors (Lipinski definition) is 1. The highest BCUT2D eigenvalue weighted by Gasteiger charge is 2.15. The number of aliphatic imine (C=N–C) groups is 1. The molecule has 0 fully saturated rings. The van der Waals surface area contributed by atoms with Gasteiger partial charge in [-0.3, -0.25) is 4.99 Å². The zero-order chi connectivity index (χ0) is 23.4. The first-order valence-corrected chi connectivity index (χ1v) is 11.8. The van der Waals surface area contributed by atoms with Gasteiger partial charge >= 0.3 is 0 Å². The van der Waals surface area contributed by atoms with E-state index in [9.17, 15) is 0 Å². The predicted molar refractivity (Wildman–Crippen MR) is 142 cm³/mol. The monoisotopic (exact) mass is 417 g/mol. The van der Waals surface area contributed by atoms with E-state index < -0.39 is 0 Å². The second kappa shape index (κ2) is 13.8. The van der Waals surface area contributed by atoms with Crippen molar-refractivity contribution >= 4 is 11.8 Å². The maximum Gasteiger partial charge on any atom is 0.0748 e. The van der Waals surface area contributed by atoms with Gasteiger partial charge in [-0.2, -0.15) is 0 Å². The van der Waals surface area contributed by atoms with Gasteiger partial charge in [0.25, 0.3) is 0 Å². The van der Waals surface area contributed by atoms with Crippen LogP contribution in [0.2, 0.25) is 0 Å². The van der Waals surface area contributed by atoms with Crippen LogP contribution < -0.4 is 0 Å². The summed E-state index contributed by atoms with van der Waals surface area (Å²) in [5, 5.41) is 0. The Morgan fingerprint density at radius 1 is 1.10 bits per heavy atom. The highest BCUT2D eigenvalue weighted by atomic mass is 14.8. The van der Waals surface area contributed by atoms with Crippen molar-refractivity contribution < 1.29 is 0 Å². The van der Waals surface area contributed by atoms with E-state index >= 15 is 0 Å². The number of allylic oxidation sites excluding steroid dienone is 8. The van der Waals surface area contributed by atoms with E-state index in [4.69, 9.17) is 4.99 Å². The molecule has 0 heterocycles. The van der Waals surface area contributed by atoms with E-state index in [0.717, 1.165) is 12.8 Å². The number of rotatable bonds is 7. The van der Waals surface area contributed by atoms with Crippen LogP contribution in [-0.4, -0.2) is 12.3 Å². The highest BCUT2D eigenvalue weighted by molar-refractivity contribution is 5.89. The molecule has 1 aromatic carbocycles. The molecule has 2 rings (SSSR count). The van der Waals surface area contributed by atoms with Crippen molar-refractivity contribution in [3.05, 3.63) is 88.1 Å². The Balaban J connectivity index is 0.00000233. The smallest absolute Gasteiger partial charge is 0.0748 e. The molecule has 0 N–H and O–H groups in total. The Hall–Kier alpha value is -2.41. The van der Waals surface area contributed by atoms with Crippen molar-refractivity contribution in [2.45, 2.75) is 81.2 Å². The maximum atomic E-state index is 4.91. The van der Waals surface area contributed by atoms with Gasteiger partial charge in [0.2, 0.25) is 0 Å². The largest absolute Gasteiger partial charge is 0.285 e. The Kier molecular flexibility index (Phi) is 11.9. The molecule has 0 aromatic heterocycles. The Bertz CT molecular complexity index is 870. The first-order chi connectivity index (χ1) is 14.8. The minimum Gasteiger partial charge on any atom is -0.285 e. The summed E-state index contributed by atoms with van der Waals surface area (Å²) in [6, 6.07) is 10.9. The Morgan fingerprint density at radius 2 is 1.74 bits per heavy atom. The average molecular weight is 418 g/mol. The van der Waals surface area contributed by atoms with Gasteiger partial charge in [0.05, 0.1) is 6.04 Å². The standard InChI is InChI=1S/C28H37N.C2H6/c1-8-25(16-20(2)3)23(6)19-27(26-12-10-9-11-13-26)14-15-29-28-18-21(4)17-22(5)24(28)7;1-2/h8-15,17,19-20,28H,16,18H2,1-7H3;1-2H3/b23-19+,25-8-,27-14+,29-15?;. The van der Waals surface area contributed by atoms with Gasteiger partial charge in [-0.25, -0.2) is 0 Å². The van der Waals surface area contributed by atoms with Gasteiger partial charge in [0.15, 0.2) is 0 Å². The van der Waals surface area contributed by atoms with Crippen LogP contribution in [0.25, 0.3) is 5.57 Å². The first-order valence-electron chi connectivity index (χ1n) is 11.8. The SMILES string of the molecule is CC.C\C=C(CC(C)C)/C(C)=C/C(=C\C=NC1CC(C)=CC(C)=C1C)c1ccccc1. The summed E-state index contributed by atoms with van der Waals surface area (Å²) in [5.41, 5.74) is 9.31. The lowest BCUT2D eigenvalue weighted by Gasteiger charge is -2.20. The van der Waals surface area contributed by atoms with E-state index in [0.29, 0.717) is 5.92 Å². The van der Waals surface area contributed by atoms with Crippen LogP contribution in [0.5, 0.6) is 0 Å². The van der Waals surface area contributed by atoms with E-state index in [2.05, 4.69) is 103 Å². The van der Waals surface area contributed by atoms with Crippen molar-refractivity contribution in [1.29, 1.82) is 0 Å². The minimum atomic E-state index is 0.255. The van der Waals surface area contributed by atoms with Crippen molar-refractivity contribution in [3.63, 3.8) is 0 Å². The molecule has 1 heteroatoms. The summed E-state index contributed by atoms with van der Waals surface area (Å²) >= 11 is 0. The molecule has 31 heavy (non-hydrogen) atoms. The lowest BCUT2D eigenvalue weighted by molar-refractivity contribution is 0.645. The van der Waals surface area contributed by atoms with Crippen LogP contribution in [0.15, 0.2) is 87.5 Å². The van der Waals surface area contributed by atoms with Crippen molar-refractivity contribution in [3.8, 4) is 0 Å². The molecule has 1 aliphatic rings. The molecule has 168 valence electrons. The molecular weight excluding hydrogens is 374 g/mol. The maximum absolute atomic E-state index is 4.91. The molecule has 1 nitrogen and oxygen atoms in total. The summed E-state index contributed by atoms with van der Waals surface area (Å²) in [6.07, 6.45) is 13.1. The fourth-order valence-corrected chi connectivity index (χ4v) is 3.79. The zero-order valence-electron chi connectivity index (χ0n) is 21.3. The van der Waals surface area contributed by atoms with Crippen LogP contribution in [0.1, 0.15) is 80.7 Å². The lowest BCUT2D eigenvalue weighted by Crippen LogP contribution is -2.12. The van der Waals surface area contributed by atoms with Gasteiger partial charge in [-0.1, -0.05) is 87.4 Å². The molecule has 0 saturated carbocycles.